The zero-order chi connectivity index (χ0) is 17.8. The Hall–Kier alpha value is -1.69. The third kappa shape index (κ3) is 4.48. The Morgan fingerprint density at radius 1 is 1.16 bits per heavy atom. The summed E-state index contributed by atoms with van der Waals surface area (Å²) in [6, 6.07) is 19.3. The summed E-state index contributed by atoms with van der Waals surface area (Å²) in [7, 11) is 0. The van der Waals surface area contributed by atoms with Gasteiger partial charge in [-0.15, -0.1) is 0 Å². The van der Waals surface area contributed by atoms with Crippen molar-refractivity contribution in [2.45, 2.75) is 19.0 Å². The quantitative estimate of drug-likeness (QED) is 0.828. The Morgan fingerprint density at radius 2 is 1.88 bits per heavy atom. The number of carboxylic acid groups (broad SMARTS) is 1. The van der Waals surface area contributed by atoms with Gasteiger partial charge in [-0.25, -0.2) is 0 Å². The van der Waals surface area contributed by atoms with E-state index in [1.165, 1.54) is 11.1 Å². The Morgan fingerprint density at radius 3 is 2.52 bits per heavy atom. The molecule has 4 nitrogen and oxygen atoms in total. The molecular formula is C20H23BrN2O2. The lowest BCUT2D eigenvalue weighted by Crippen LogP contribution is -2.54. The number of benzene rings is 2. The standard InChI is InChI=1S/C20H23BrN2O2/c1-15-13-23(11-10-22(15)14-19(24)25)20(16-6-3-2-4-7-16)17-8-5-9-18(21)12-17/h2-9,12,15,20H,10-11,13-14H2,1H3,(H,24,25)/t15-,20-/m1/s1. The molecule has 1 aliphatic rings. The van der Waals surface area contributed by atoms with E-state index in [0.717, 1.165) is 24.1 Å². The van der Waals surface area contributed by atoms with Crippen molar-refractivity contribution in [2.24, 2.45) is 0 Å². The van der Waals surface area contributed by atoms with Gasteiger partial charge in [0.05, 0.1) is 12.6 Å². The number of halogens is 1. The largest absolute Gasteiger partial charge is 0.480 e. The van der Waals surface area contributed by atoms with Crippen LogP contribution in [0.25, 0.3) is 0 Å². The highest BCUT2D eigenvalue weighted by molar-refractivity contribution is 9.10. The maximum Gasteiger partial charge on any atom is 0.317 e. The minimum Gasteiger partial charge on any atom is -0.480 e. The molecule has 0 amide bonds. The Kier molecular flexibility index (Phi) is 5.89. The third-order valence-electron chi connectivity index (χ3n) is 4.78. The zero-order valence-corrected chi connectivity index (χ0v) is 15.9. The summed E-state index contributed by atoms with van der Waals surface area (Å²) in [5.74, 6) is -0.758. The Balaban J connectivity index is 1.87. The van der Waals surface area contributed by atoms with Crippen molar-refractivity contribution in [1.29, 1.82) is 0 Å². The molecule has 0 unspecified atom stereocenters. The van der Waals surface area contributed by atoms with Gasteiger partial charge >= 0.3 is 5.97 Å². The summed E-state index contributed by atoms with van der Waals surface area (Å²) in [4.78, 5) is 15.6. The highest BCUT2D eigenvalue weighted by Gasteiger charge is 2.30. The average molecular weight is 403 g/mol. The molecule has 2 aromatic carbocycles. The maximum absolute atomic E-state index is 11.0. The van der Waals surface area contributed by atoms with E-state index in [-0.39, 0.29) is 18.6 Å². The predicted molar refractivity (Wildman–Crippen MR) is 103 cm³/mol. The van der Waals surface area contributed by atoms with Crippen LogP contribution in [0, 0.1) is 0 Å². The van der Waals surface area contributed by atoms with Crippen LogP contribution in [-0.4, -0.2) is 53.1 Å². The number of carboxylic acids is 1. The van der Waals surface area contributed by atoms with Gasteiger partial charge in [0.15, 0.2) is 0 Å². The molecule has 25 heavy (non-hydrogen) atoms. The fourth-order valence-electron chi connectivity index (χ4n) is 3.59. The van der Waals surface area contributed by atoms with Crippen molar-refractivity contribution in [2.75, 3.05) is 26.2 Å². The van der Waals surface area contributed by atoms with Crippen LogP contribution in [-0.2, 0) is 4.79 Å². The van der Waals surface area contributed by atoms with Gasteiger partial charge in [-0.3, -0.25) is 14.6 Å². The molecule has 0 saturated carbocycles. The molecule has 1 aliphatic heterocycles. The monoisotopic (exact) mass is 402 g/mol. The molecule has 2 aromatic rings. The van der Waals surface area contributed by atoms with E-state index < -0.39 is 5.97 Å². The number of aliphatic carboxylic acids is 1. The summed E-state index contributed by atoms with van der Waals surface area (Å²) >= 11 is 3.58. The summed E-state index contributed by atoms with van der Waals surface area (Å²) < 4.78 is 1.07. The lowest BCUT2D eigenvalue weighted by molar-refractivity contribution is -0.139. The van der Waals surface area contributed by atoms with Gasteiger partial charge in [0.2, 0.25) is 0 Å². The predicted octanol–water partition coefficient (Wildman–Crippen LogP) is 3.63. The van der Waals surface area contributed by atoms with E-state index in [0.29, 0.717) is 0 Å². The smallest absolute Gasteiger partial charge is 0.317 e. The van der Waals surface area contributed by atoms with Crippen LogP contribution in [0.2, 0.25) is 0 Å². The summed E-state index contributed by atoms with van der Waals surface area (Å²) in [5.41, 5.74) is 2.51. The molecular weight excluding hydrogens is 380 g/mol. The second kappa shape index (κ2) is 8.13. The lowest BCUT2D eigenvalue weighted by Gasteiger charge is -2.43. The summed E-state index contributed by atoms with van der Waals surface area (Å²) in [6.07, 6.45) is 0. The fraction of sp³-hybridized carbons (Fsp3) is 0.350. The van der Waals surface area contributed by atoms with Gasteiger partial charge in [0.25, 0.3) is 0 Å². The van der Waals surface area contributed by atoms with Crippen LogP contribution in [0.1, 0.15) is 24.1 Å². The maximum atomic E-state index is 11.0. The number of nitrogens with zero attached hydrogens (tertiary/aromatic N) is 2. The number of hydrogen-bond acceptors (Lipinski definition) is 3. The SMILES string of the molecule is C[C@@H]1CN([C@H](c2ccccc2)c2cccc(Br)c2)CCN1CC(=O)O. The fourth-order valence-corrected chi connectivity index (χ4v) is 4.01. The van der Waals surface area contributed by atoms with Crippen LogP contribution in [0.3, 0.4) is 0 Å². The van der Waals surface area contributed by atoms with E-state index >= 15 is 0 Å². The van der Waals surface area contributed by atoms with Crippen LogP contribution < -0.4 is 0 Å². The molecule has 2 atom stereocenters. The first-order valence-corrected chi connectivity index (χ1v) is 9.34. The third-order valence-corrected chi connectivity index (χ3v) is 5.27. The Bertz CT molecular complexity index is 723. The molecule has 1 saturated heterocycles. The van der Waals surface area contributed by atoms with Crippen molar-refractivity contribution in [3.05, 3.63) is 70.2 Å². The number of rotatable bonds is 5. The highest BCUT2D eigenvalue weighted by Crippen LogP contribution is 2.31. The van der Waals surface area contributed by atoms with Gasteiger partial charge in [-0.2, -0.15) is 0 Å². The van der Waals surface area contributed by atoms with Crippen LogP contribution in [0.5, 0.6) is 0 Å². The van der Waals surface area contributed by atoms with E-state index in [2.05, 4.69) is 70.2 Å². The molecule has 0 spiro atoms. The Labute approximate surface area is 157 Å². The first-order chi connectivity index (χ1) is 12.0. The summed E-state index contributed by atoms with van der Waals surface area (Å²) in [5, 5.41) is 9.08. The van der Waals surface area contributed by atoms with Crippen LogP contribution >= 0.6 is 15.9 Å². The van der Waals surface area contributed by atoms with Gasteiger partial charge in [-0.1, -0.05) is 58.4 Å². The van der Waals surface area contributed by atoms with Crippen molar-refractivity contribution < 1.29 is 9.90 Å². The van der Waals surface area contributed by atoms with Crippen LogP contribution in [0.4, 0.5) is 0 Å². The van der Waals surface area contributed by atoms with E-state index in [9.17, 15) is 4.79 Å². The number of hydrogen-bond donors (Lipinski definition) is 1. The molecule has 0 aliphatic carbocycles. The molecule has 1 fully saturated rings. The normalized spacial score (nSPS) is 20.3. The molecule has 1 heterocycles. The number of carbonyl (C=O) groups is 1. The molecule has 1 N–H and O–H groups in total. The second-order valence-electron chi connectivity index (χ2n) is 6.58. The van der Waals surface area contributed by atoms with Crippen LogP contribution in [0.15, 0.2) is 59.1 Å². The molecule has 0 aromatic heterocycles. The van der Waals surface area contributed by atoms with E-state index in [1.54, 1.807) is 0 Å². The molecule has 5 heteroatoms. The first kappa shape index (κ1) is 18.1. The average Bonchev–Trinajstić information content (AvgIpc) is 2.58. The summed E-state index contributed by atoms with van der Waals surface area (Å²) in [6.45, 7) is 4.69. The highest BCUT2D eigenvalue weighted by atomic mass is 79.9. The van der Waals surface area contributed by atoms with Gasteiger partial charge in [0.1, 0.15) is 0 Å². The molecule has 3 rings (SSSR count). The molecule has 0 bridgehead atoms. The minimum atomic E-state index is -0.758. The van der Waals surface area contributed by atoms with Crippen molar-refractivity contribution in [1.82, 2.24) is 9.80 Å². The van der Waals surface area contributed by atoms with Crippen molar-refractivity contribution in [3.8, 4) is 0 Å². The van der Waals surface area contributed by atoms with Gasteiger partial charge in [0, 0.05) is 30.1 Å². The van der Waals surface area contributed by atoms with Gasteiger partial charge < -0.3 is 5.11 Å². The molecule has 132 valence electrons. The van der Waals surface area contributed by atoms with Crippen molar-refractivity contribution >= 4 is 21.9 Å². The van der Waals surface area contributed by atoms with E-state index in [1.807, 2.05) is 17.0 Å². The second-order valence-corrected chi connectivity index (χ2v) is 7.49. The zero-order valence-electron chi connectivity index (χ0n) is 14.3. The minimum absolute atomic E-state index is 0.113. The van der Waals surface area contributed by atoms with E-state index in [4.69, 9.17) is 5.11 Å². The van der Waals surface area contributed by atoms with Crippen molar-refractivity contribution in [3.63, 3.8) is 0 Å². The van der Waals surface area contributed by atoms with Gasteiger partial charge in [-0.05, 0) is 30.2 Å². The molecule has 0 radical (unpaired) electrons. The number of piperazine rings is 1. The first-order valence-electron chi connectivity index (χ1n) is 8.55. The topological polar surface area (TPSA) is 43.8 Å². The lowest BCUT2D eigenvalue weighted by atomic mass is 9.95.